The Labute approximate surface area is 140 Å². The molecule has 24 heavy (non-hydrogen) atoms. The Hall–Kier alpha value is -3.13. The number of amides is 1. The van der Waals surface area contributed by atoms with E-state index in [1.54, 1.807) is 18.2 Å². The van der Waals surface area contributed by atoms with Crippen molar-refractivity contribution < 1.29 is 14.3 Å². The van der Waals surface area contributed by atoms with Gasteiger partial charge < -0.3 is 10.1 Å². The summed E-state index contributed by atoms with van der Waals surface area (Å²) in [6.07, 6.45) is 0.294. The van der Waals surface area contributed by atoms with Gasteiger partial charge in [-0.2, -0.15) is 5.26 Å². The van der Waals surface area contributed by atoms with Crippen LogP contribution >= 0.6 is 0 Å². The maximum Gasteiger partial charge on any atom is 0.330 e. The fourth-order valence-electron chi connectivity index (χ4n) is 2.19. The molecule has 1 atom stereocenters. The van der Waals surface area contributed by atoms with Gasteiger partial charge in [0.05, 0.1) is 0 Å². The number of rotatable bonds is 6. The predicted molar refractivity (Wildman–Crippen MR) is 89.2 cm³/mol. The van der Waals surface area contributed by atoms with Crippen molar-refractivity contribution in [2.45, 2.75) is 19.4 Å². The summed E-state index contributed by atoms with van der Waals surface area (Å²) in [5.41, 5.74) is 2.40. The molecule has 0 aliphatic heterocycles. The summed E-state index contributed by atoms with van der Waals surface area (Å²) in [5.74, 6) is -0.981. The third-order valence-corrected chi connectivity index (χ3v) is 3.47. The van der Waals surface area contributed by atoms with Gasteiger partial charge in [0, 0.05) is 12.0 Å². The Morgan fingerprint density at radius 2 is 1.79 bits per heavy atom. The van der Waals surface area contributed by atoms with Crippen molar-refractivity contribution in [1.82, 2.24) is 5.32 Å². The van der Waals surface area contributed by atoms with Gasteiger partial charge in [0.1, 0.15) is 12.1 Å². The zero-order valence-corrected chi connectivity index (χ0v) is 13.4. The third kappa shape index (κ3) is 4.96. The largest absolute Gasteiger partial charge is 0.449 e. The molecular formula is C19H18N2O3. The molecule has 0 aliphatic rings. The van der Waals surface area contributed by atoms with E-state index in [0.717, 1.165) is 11.1 Å². The number of carbonyl (C=O) groups is 2. The second kappa shape index (κ2) is 8.49. The van der Waals surface area contributed by atoms with Crippen LogP contribution in [0.4, 0.5) is 0 Å². The molecule has 2 rings (SSSR count). The smallest absolute Gasteiger partial charge is 0.330 e. The minimum atomic E-state index is -0.852. The van der Waals surface area contributed by atoms with Gasteiger partial charge in [-0.3, -0.25) is 4.79 Å². The minimum absolute atomic E-state index is 0.294. The average molecular weight is 322 g/mol. The molecule has 0 bridgehead atoms. The number of hydrogen-bond acceptors (Lipinski definition) is 4. The Morgan fingerprint density at radius 1 is 1.12 bits per heavy atom. The second-order valence-corrected chi connectivity index (χ2v) is 5.35. The number of carbonyl (C=O) groups excluding carboxylic acids is 2. The second-order valence-electron chi connectivity index (χ2n) is 5.35. The number of nitrogens with one attached hydrogen (secondary N) is 1. The van der Waals surface area contributed by atoms with Gasteiger partial charge in [-0.05, 0) is 24.6 Å². The van der Waals surface area contributed by atoms with E-state index in [2.05, 4.69) is 5.32 Å². The quantitative estimate of drug-likeness (QED) is 0.828. The van der Waals surface area contributed by atoms with Crippen LogP contribution < -0.4 is 5.32 Å². The zero-order valence-electron chi connectivity index (χ0n) is 13.4. The lowest BCUT2D eigenvalue weighted by Crippen LogP contribution is -2.43. The van der Waals surface area contributed by atoms with Crippen molar-refractivity contribution >= 4 is 11.9 Å². The van der Waals surface area contributed by atoms with E-state index < -0.39 is 12.0 Å². The van der Waals surface area contributed by atoms with Crippen molar-refractivity contribution in [3.8, 4) is 6.07 Å². The molecule has 0 fully saturated rings. The molecule has 0 aliphatic carbocycles. The summed E-state index contributed by atoms with van der Waals surface area (Å²) in [6.45, 7) is 1.59. The Balaban J connectivity index is 2.12. The topological polar surface area (TPSA) is 79.2 Å². The predicted octanol–water partition coefficient (Wildman–Crippen LogP) is 2.40. The van der Waals surface area contributed by atoms with Gasteiger partial charge in [-0.1, -0.05) is 48.0 Å². The lowest BCUT2D eigenvalue weighted by atomic mass is 10.1. The Morgan fingerprint density at radius 3 is 2.42 bits per heavy atom. The normalized spacial score (nSPS) is 11.2. The van der Waals surface area contributed by atoms with Gasteiger partial charge in [0.25, 0.3) is 5.91 Å². The molecule has 5 nitrogen and oxygen atoms in total. The highest BCUT2D eigenvalue weighted by molar-refractivity contribution is 5.96. The third-order valence-electron chi connectivity index (χ3n) is 3.47. The molecule has 122 valence electrons. The molecule has 0 saturated heterocycles. The van der Waals surface area contributed by atoms with Crippen LogP contribution in [0.1, 0.15) is 21.5 Å². The van der Waals surface area contributed by atoms with Gasteiger partial charge in [-0.15, -0.1) is 0 Å². The van der Waals surface area contributed by atoms with Gasteiger partial charge in [0.2, 0.25) is 0 Å². The van der Waals surface area contributed by atoms with Gasteiger partial charge in [0.15, 0.2) is 6.61 Å². The molecule has 0 radical (unpaired) electrons. The molecule has 0 aromatic heterocycles. The number of hydrogen-bond donors (Lipinski definition) is 1. The highest BCUT2D eigenvalue weighted by Gasteiger charge is 2.23. The van der Waals surface area contributed by atoms with Crippen LogP contribution in [0.2, 0.25) is 0 Å². The summed E-state index contributed by atoms with van der Waals surface area (Å²) < 4.78 is 4.87. The molecule has 2 aromatic rings. The van der Waals surface area contributed by atoms with Gasteiger partial charge in [-0.25, -0.2) is 4.79 Å². The van der Waals surface area contributed by atoms with E-state index in [0.29, 0.717) is 12.0 Å². The molecule has 1 unspecified atom stereocenters. The first-order valence-electron chi connectivity index (χ1n) is 7.55. The van der Waals surface area contributed by atoms with Crippen LogP contribution in [0.5, 0.6) is 0 Å². The van der Waals surface area contributed by atoms with Crippen molar-refractivity contribution in [2.75, 3.05) is 6.61 Å². The zero-order chi connectivity index (χ0) is 17.4. The first-order valence-corrected chi connectivity index (χ1v) is 7.55. The minimum Gasteiger partial charge on any atom is -0.449 e. The molecule has 0 spiro atoms. The average Bonchev–Trinajstić information content (AvgIpc) is 2.60. The summed E-state index contributed by atoms with van der Waals surface area (Å²) in [4.78, 5) is 24.5. The highest BCUT2D eigenvalue weighted by atomic mass is 16.5. The molecule has 1 amide bonds. The molecule has 0 heterocycles. The fraction of sp³-hybridized carbons (Fsp3) is 0.211. The summed E-state index contributed by atoms with van der Waals surface area (Å²) in [5, 5.41) is 11.2. The van der Waals surface area contributed by atoms with Crippen molar-refractivity contribution in [2.24, 2.45) is 0 Å². The number of nitriles is 1. The van der Waals surface area contributed by atoms with E-state index >= 15 is 0 Å². The maximum atomic E-state index is 12.4. The van der Waals surface area contributed by atoms with Crippen LogP contribution in [0.15, 0.2) is 54.6 Å². The van der Waals surface area contributed by atoms with Crippen molar-refractivity contribution in [1.29, 1.82) is 5.26 Å². The van der Waals surface area contributed by atoms with E-state index in [4.69, 9.17) is 10.00 Å². The van der Waals surface area contributed by atoms with Crippen molar-refractivity contribution in [3.63, 3.8) is 0 Å². The van der Waals surface area contributed by atoms with Crippen LogP contribution in [-0.4, -0.2) is 24.5 Å². The van der Waals surface area contributed by atoms with E-state index in [1.165, 1.54) is 0 Å². The van der Waals surface area contributed by atoms with Crippen LogP contribution in [0.3, 0.4) is 0 Å². The Bertz CT molecular complexity index is 733. The number of aryl methyl sites for hydroxylation is 1. The van der Waals surface area contributed by atoms with Crippen LogP contribution in [0.25, 0.3) is 0 Å². The molecule has 5 heteroatoms. The van der Waals surface area contributed by atoms with Crippen LogP contribution in [0, 0.1) is 18.3 Å². The molecule has 1 N–H and O–H groups in total. The summed E-state index contributed by atoms with van der Waals surface area (Å²) in [6, 6.07) is 17.3. The molecular weight excluding hydrogens is 304 g/mol. The number of nitrogens with zero attached hydrogens (tertiary/aromatic N) is 1. The monoisotopic (exact) mass is 322 g/mol. The summed E-state index contributed by atoms with van der Waals surface area (Å²) in [7, 11) is 0. The Kier molecular flexibility index (Phi) is 6.09. The maximum absolute atomic E-state index is 12.4. The van der Waals surface area contributed by atoms with E-state index in [9.17, 15) is 9.59 Å². The standard InChI is InChI=1S/C19H18N2O3/c1-14-7-9-16(10-8-14)18(22)21-17(19(23)24-12-11-20)13-15-5-3-2-4-6-15/h2-10,17H,12-13H2,1H3,(H,21,22). The number of esters is 1. The summed E-state index contributed by atoms with van der Waals surface area (Å²) >= 11 is 0. The molecule has 2 aromatic carbocycles. The van der Waals surface area contributed by atoms with Crippen LogP contribution in [-0.2, 0) is 16.0 Å². The number of ether oxygens (including phenoxy) is 1. The highest BCUT2D eigenvalue weighted by Crippen LogP contribution is 2.08. The fourth-order valence-corrected chi connectivity index (χ4v) is 2.19. The number of benzene rings is 2. The lowest BCUT2D eigenvalue weighted by Gasteiger charge is -2.17. The molecule has 0 saturated carbocycles. The first-order chi connectivity index (χ1) is 11.6. The van der Waals surface area contributed by atoms with Crippen molar-refractivity contribution in [3.05, 3.63) is 71.3 Å². The van der Waals surface area contributed by atoms with Gasteiger partial charge >= 0.3 is 5.97 Å². The lowest BCUT2D eigenvalue weighted by molar-refractivity contribution is -0.144. The SMILES string of the molecule is Cc1ccc(C(=O)NC(Cc2ccccc2)C(=O)OCC#N)cc1. The van der Waals surface area contributed by atoms with E-state index in [-0.39, 0.29) is 12.5 Å². The van der Waals surface area contributed by atoms with E-state index in [1.807, 2.05) is 49.4 Å². The first kappa shape index (κ1) is 17.2.